The van der Waals surface area contributed by atoms with Gasteiger partial charge >= 0.3 is 0 Å². The molecule has 0 bridgehead atoms. The fourth-order valence-corrected chi connectivity index (χ4v) is 3.26. The maximum atomic E-state index is 11.5. The molecule has 0 unspecified atom stereocenters. The van der Waals surface area contributed by atoms with Crippen molar-refractivity contribution >= 4 is 23.2 Å². The number of nitrogens with one attached hydrogen (secondary N) is 1. The third kappa shape index (κ3) is 4.53. The second kappa shape index (κ2) is 9.30. The Morgan fingerprint density at radius 1 is 1.07 bits per heavy atom. The number of hydrogen-bond donors (Lipinski definition) is 1. The lowest BCUT2D eigenvalue weighted by molar-refractivity contribution is -0.111. The molecule has 30 heavy (non-hydrogen) atoms. The highest BCUT2D eigenvalue weighted by Crippen LogP contribution is 2.27. The summed E-state index contributed by atoms with van der Waals surface area (Å²) in [6, 6.07) is 19.5. The first-order chi connectivity index (χ1) is 14.7. The van der Waals surface area contributed by atoms with Crippen molar-refractivity contribution in [1.29, 1.82) is 0 Å². The lowest BCUT2D eigenvalue weighted by Gasteiger charge is -2.37. The lowest BCUT2D eigenvalue weighted by Crippen LogP contribution is -2.47. The lowest BCUT2D eigenvalue weighted by atomic mass is 10.1. The highest BCUT2D eigenvalue weighted by Gasteiger charge is 2.23. The van der Waals surface area contributed by atoms with Gasteiger partial charge in [0.1, 0.15) is 0 Å². The average molecular weight is 401 g/mol. The van der Waals surface area contributed by atoms with Gasteiger partial charge in [-0.15, -0.1) is 0 Å². The molecule has 7 nitrogen and oxygen atoms in total. The van der Waals surface area contributed by atoms with E-state index in [1.54, 1.807) is 6.20 Å². The van der Waals surface area contributed by atoms with Crippen LogP contribution in [0.25, 0.3) is 11.3 Å². The van der Waals surface area contributed by atoms with Crippen LogP contribution in [0.4, 0.5) is 17.3 Å². The van der Waals surface area contributed by atoms with Crippen LogP contribution in [0.5, 0.6) is 0 Å². The molecule has 7 heteroatoms. The molecule has 1 aliphatic rings. The van der Waals surface area contributed by atoms with E-state index in [0.717, 1.165) is 30.0 Å². The molecule has 2 aromatic carbocycles. The Labute approximate surface area is 175 Å². The Kier molecular flexibility index (Phi) is 6.12. The maximum absolute atomic E-state index is 11.5. The number of carbonyl (C=O) groups is 1. The van der Waals surface area contributed by atoms with E-state index in [4.69, 9.17) is 9.72 Å². The van der Waals surface area contributed by atoms with Gasteiger partial charge in [-0.25, -0.2) is 20.0 Å². The van der Waals surface area contributed by atoms with E-state index in [1.807, 2.05) is 65.7 Å². The molecular weight excluding hydrogens is 378 g/mol. The summed E-state index contributed by atoms with van der Waals surface area (Å²) in [7, 11) is 0. The van der Waals surface area contributed by atoms with Gasteiger partial charge in [-0.05, 0) is 36.4 Å². The van der Waals surface area contributed by atoms with Gasteiger partial charge in [0.25, 0.3) is 0 Å². The van der Waals surface area contributed by atoms with Crippen LogP contribution < -0.4 is 10.3 Å². The van der Waals surface area contributed by atoms with Crippen LogP contribution in [0.15, 0.2) is 79.5 Å². The minimum Gasteiger partial charge on any atom is -0.379 e. The molecule has 0 saturated carbocycles. The van der Waals surface area contributed by atoms with E-state index in [2.05, 4.69) is 21.9 Å². The number of hydrazine groups is 1. The Balaban J connectivity index is 1.64. The molecule has 1 aliphatic heterocycles. The fourth-order valence-electron chi connectivity index (χ4n) is 3.26. The largest absolute Gasteiger partial charge is 0.379 e. The van der Waals surface area contributed by atoms with E-state index in [0.29, 0.717) is 24.8 Å². The molecule has 0 atom stereocenters. The third-order valence-electron chi connectivity index (χ3n) is 4.74. The number of aromatic nitrogens is 2. The smallest absolute Gasteiger partial charge is 0.247 e. The van der Waals surface area contributed by atoms with Crippen LogP contribution in [0.1, 0.15) is 0 Å². The summed E-state index contributed by atoms with van der Waals surface area (Å²) in [5, 5.41) is 6.99. The van der Waals surface area contributed by atoms with Crippen molar-refractivity contribution in [2.24, 2.45) is 0 Å². The van der Waals surface area contributed by atoms with Crippen molar-refractivity contribution in [3.05, 3.63) is 79.5 Å². The summed E-state index contributed by atoms with van der Waals surface area (Å²) >= 11 is 0. The molecule has 0 spiro atoms. The molecule has 1 saturated heterocycles. The first-order valence-electron chi connectivity index (χ1n) is 9.79. The molecule has 0 aliphatic carbocycles. The Bertz CT molecular complexity index is 1000. The predicted molar refractivity (Wildman–Crippen MR) is 117 cm³/mol. The number of ether oxygens (including phenoxy) is 1. The summed E-state index contributed by atoms with van der Waals surface area (Å²) in [5.41, 5.74) is 3.44. The van der Waals surface area contributed by atoms with Gasteiger partial charge in [-0.2, -0.15) is 0 Å². The minimum atomic E-state index is -0.240. The molecular formula is C23H23N5O2. The second-order valence-electron chi connectivity index (χ2n) is 6.73. The molecule has 0 radical (unpaired) electrons. The van der Waals surface area contributed by atoms with Gasteiger partial charge in [-0.3, -0.25) is 4.79 Å². The number of anilines is 3. The van der Waals surface area contributed by atoms with Gasteiger partial charge in [0, 0.05) is 30.5 Å². The number of rotatable bonds is 6. The highest BCUT2D eigenvalue weighted by atomic mass is 16.5. The van der Waals surface area contributed by atoms with Crippen molar-refractivity contribution in [1.82, 2.24) is 15.0 Å². The second-order valence-corrected chi connectivity index (χ2v) is 6.73. The zero-order valence-electron chi connectivity index (χ0n) is 16.6. The minimum absolute atomic E-state index is 0.240. The summed E-state index contributed by atoms with van der Waals surface area (Å²) in [6.07, 6.45) is 3.01. The number of amides is 1. The number of para-hydroxylation sites is 1. The molecule has 3 aromatic rings. The molecule has 1 N–H and O–H groups in total. The van der Waals surface area contributed by atoms with Crippen LogP contribution in [0.3, 0.4) is 0 Å². The number of benzene rings is 2. The van der Waals surface area contributed by atoms with Crippen molar-refractivity contribution < 1.29 is 9.53 Å². The summed E-state index contributed by atoms with van der Waals surface area (Å²) < 4.78 is 5.52. The third-order valence-corrected chi connectivity index (χ3v) is 4.74. The predicted octanol–water partition coefficient (Wildman–Crippen LogP) is 3.65. The standard InChI is InChI=1S/C23H23N5O2/c1-2-22(29)25-19-10-8-18(9-11-19)21-12-13-24-23(26-21)28(20-6-4-3-5-7-20)27-14-16-30-17-15-27/h2-13H,1,14-17H2,(H,25,29). The quantitative estimate of drug-likeness (QED) is 0.636. The van der Waals surface area contributed by atoms with Crippen LogP contribution in [0.2, 0.25) is 0 Å². The van der Waals surface area contributed by atoms with Crippen molar-refractivity contribution in [3.63, 3.8) is 0 Å². The summed E-state index contributed by atoms with van der Waals surface area (Å²) in [6.45, 7) is 6.33. The van der Waals surface area contributed by atoms with Gasteiger partial charge < -0.3 is 10.1 Å². The zero-order chi connectivity index (χ0) is 20.8. The maximum Gasteiger partial charge on any atom is 0.247 e. The van der Waals surface area contributed by atoms with E-state index < -0.39 is 0 Å². The van der Waals surface area contributed by atoms with Crippen LogP contribution in [0, 0.1) is 0 Å². The molecule has 4 rings (SSSR count). The normalized spacial score (nSPS) is 14.1. The molecule has 1 fully saturated rings. The van der Waals surface area contributed by atoms with Crippen LogP contribution in [-0.4, -0.2) is 47.2 Å². The summed E-state index contributed by atoms with van der Waals surface area (Å²) in [5.74, 6) is 0.362. The van der Waals surface area contributed by atoms with Gasteiger partial charge in [-0.1, -0.05) is 36.9 Å². The fraction of sp³-hybridized carbons (Fsp3) is 0.174. The molecule has 1 aromatic heterocycles. The van der Waals surface area contributed by atoms with Gasteiger partial charge in [0.05, 0.1) is 24.6 Å². The van der Waals surface area contributed by atoms with E-state index in [1.165, 1.54) is 6.08 Å². The van der Waals surface area contributed by atoms with Crippen LogP contribution >= 0.6 is 0 Å². The van der Waals surface area contributed by atoms with E-state index >= 15 is 0 Å². The zero-order valence-corrected chi connectivity index (χ0v) is 16.6. The van der Waals surface area contributed by atoms with E-state index in [9.17, 15) is 4.79 Å². The first kappa shape index (κ1) is 19.8. The first-order valence-corrected chi connectivity index (χ1v) is 9.79. The molecule has 1 amide bonds. The van der Waals surface area contributed by atoms with Gasteiger partial charge in [0.15, 0.2) is 0 Å². The monoisotopic (exact) mass is 401 g/mol. The van der Waals surface area contributed by atoms with Crippen molar-refractivity contribution in [2.45, 2.75) is 0 Å². The number of morpholine rings is 1. The molecule has 152 valence electrons. The number of nitrogens with zero attached hydrogens (tertiary/aromatic N) is 4. The average Bonchev–Trinajstić information content (AvgIpc) is 2.81. The summed E-state index contributed by atoms with van der Waals surface area (Å²) in [4.78, 5) is 20.9. The van der Waals surface area contributed by atoms with Crippen LogP contribution in [-0.2, 0) is 9.53 Å². The SMILES string of the molecule is C=CC(=O)Nc1ccc(-c2ccnc(N(c3ccccc3)N3CCOCC3)n2)cc1. The molecule has 2 heterocycles. The van der Waals surface area contributed by atoms with Crippen molar-refractivity contribution in [3.8, 4) is 11.3 Å². The topological polar surface area (TPSA) is 70.6 Å². The number of hydrogen-bond acceptors (Lipinski definition) is 6. The van der Waals surface area contributed by atoms with Crippen molar-refractivity contribution in [2.75, 3.05) is 36.6 Å². The van der Waals surface area contributed by atoms with Gasteiger partial charge in [0.2, 0.25) is 11.9 Å². The highest BCUT2D eigenvalue weighted by molar-refractivity contribution is 5.98. The Morgan fingerprint density at radius 2 is 1.80 bits per heavy atom. The Morgan fingerprint density at radius 3 is 2.50 bits per heavy atom. The number of carbonyl (C=O) groups excluding carboxylic acids is 1. The Hall–Kier alpha value is -3.55. The van der Waals surface area contributed by atoms with E-state index in [-0.39, 0.29) is 5.91 Å².